The molecule has 1 aliphatic rings. The molecule has 0 spiro atoms. The summed E-state index contributed by atoms with van der Waals surface area (Å²) in [5, 5.41) is 6.11. The fourth-order valence-electron chi connectivity index (χ4n) is 2.68. The van der Waals surface area contributed by atoms with Gasteiger partial charge in [-0.3, -0.25) is 4.90 Å². The molecule has 1 N–H and O–H groups in total. The molecular weight excluding hydrogens is 298 g/mol. The second-order valence-electron chi connectivity index (χ2n) is 6.91. The number of piperidine rings is 1. The van der Waals surface area contributed by atoms with Gasteiger partial charge in [0.2, 0.25) is 0 Å². The average molecular weight is 325 g/mol. The number of carbonyl (C=O) groups excluding carboxylic acids is 1. The van der Waals surface area contributed by atoms with E-state index >= 15 is 0 Å². The molecule has 6 heteroatoms. The van der Waals surface area contributed by atoms with Gasteiger partial charge in [0.25, 0.3) is 0 Å². The zero-order valence-corrected chi connectivity index (χ0v) is 14.8. The minimum absolute atomic E-state index is 0.314. The first-order chi connectivity index (χ1) is 10.3. The van der Waals surface area contributed by atoms with Crippen LogP contribution in [0.25, 0.3) is 0 Å². The van der Waals surface area contributed by atoms with E-state index in [2.05, 4.69) is 22.1 Å². The lowest BCUT2D eigenvalue weighted by Crippen LogP contribution is -2.41. The van der Waals surface area contributed by atoms with Crippen molar-refractivity contribution in [2.75, 3.05) is 19.6 Å². The first-order valence-electron chi connectivity index (χ1n) is 7.95. The average Bonchev–Trinajstić information content (AvgIpc) is 2.97. The lowest BCUT2D eigenvalue weighted by molar-refractivity contribution is 0.0506. The predicted octanol–water partition coefficient (Wildman–Crippen LogP) is 3.44. The van der Waals surface area contributed by atoms with Gasteiger partial charge in [0.05, 0.1) is 6.04 Å². The maximum atomic E-state index is 11.7. The maximum absolute atomic E-state index is 11.7. The highest BCUT2D eigenvalue weighted by molar-refractivity contribution is 7.09. The Bertz CT molecular complexity index is 462. The molecule has 1 atom stereocenters. The van der Waals surface area contributed by atoms with Gasteiger partial charge in [0, 0.05) is 18.1 Å². The Labute approximate surface area is 137 Å². The maximum Gasteiger partial charge on any atom is 0.407 e. The van der Waals surface area contributed by atoms with Gasteiger partial charge in [-0.05, 0) is 59.5 Å². The van der Waals surface area contributed by atoms with Crippen molar-refractivity contribution in [1.82, 2.24) is 15.2 Å². The molecule has 0 aromatic carbocycles. The lowest BCUT2D eigenvalue weighted by Gasteiger charge is -2.35. The number of nitrogens with zero attached hydrogens (tertiary/aromatic N) is 2. The van der Waals surface area contributed by atoms with Crippen LogP contribution in [0.1, 0.15) is 51.6 Å². The molecule has 124 valence electrons. The third-order valence-electron chi connectivity index (χ3n) is 3.94. The zero-order chi connectivity index (χ0) is 16.2. The molecule has 2 rings (SSSR count). The van der Waals surface area contributed by atoms with Crippen LogP contribution < -0.4 is 5.32 Å². The van der Waals surface area contributed by atoms with E-state index in [9.17, 15) is 4.79 Å². The molecule has 0 aliphatic carbocycles. The Morgan fingerprint density at radius 3 is 2.73 bits per heavy atom. The van der Waals surface area contributed by atoms with Gasteiger partial charge in [-0.15, -0.1) is 11.3 Å². The van der Waals surface area contributed by atoms with E-state index in [-0.39, 0.29) is 6.09 Å². The van der Waals surface area contributed by atoms with E-state index in [1.54, 1.807) is 11.3 Å². The number of amides is 1. The molecular formula is C16H27N3O2S. The van der Waals surface area contributed by atoms with Crippen molar-refractivity contribution >= 4 is 17.4 Å². The highest BCUT2D eigenvalue weighted by Gasteiger charge is 2.25. The largest absolute Gasteiger partial charge is 0.444 e. The van der Waals surface area contributed by atoms with Crippen LogP contribution in [0.15, 0.2) is 11.6 Å². The highest BCUT2D eigenvalue weighted by Crippen LogP contribution is 2.27. The van der Waals surface area contributed by atoms with E-state index in [0.29, 0.717) is 18.5 Å². The van der Waals surface area contributed by atoms with Crippen LogP contribution in [-0.4, -0.2) is 41.2 Å². The molecule has 22 heavy (non-hydrogen) atoms. The number of ether oxygens (including phenoxy) is 1. The van der Waals surface area contributed by atoms with Crippen LogP contribution in [-0.2, 0) is 4.74 Å². The fraction of sp³-hybridized carbons (Fsp3) is 0.750. The number of hydrogen-bond acceptors (Lipinski definition) is 5. The second kappa shape index (κ2) is 7.42. The number of likely N-dealkylation sites (tertiary alicyclic amines) is 1. The summed E-state index contributed by atoms with van der Waals surface area (Å²) in [5.41, 5.74) is -0.434. The monoisotopic (exact) mass is 325 g/mol. The van der Waals surface area contributed by atoms with Gasteiger partial charge in [0.15, 0.2) is 0 Å². The molecule has 1 fully saturated rings. The normalized spacial score (nSPS) is 18.9. The van der Waals surface area contributed by atoms with Gasteiger partial charge in [-0.25, -0.2) is 9.78 Å². The van der Waals surface area contributed by atoms with Crippen LogP contribution in [0.3, 0.4) is 0 Å². The van der Waals surface area contributed by atoms with Gasteiger partial charge >= 0.3 is 6.09 Å². The number of carbonyl (C=O) groups is 1. The predicted molar refractivity (Wildman–Crippen MR) is 89.1 cm³/mol. The van der Waals surface area contributed by atoms with Crippen LogP contribution in [0.5, 0.6) is 0 Å². The van der Waals surface area contributed by atoms with E-state index in [1.807, 2.05) is 32.3 Å². The van der Waals surface area contributed by atoms with Gasteiger partial charge in [0.1, 0.15) is 10.6 Å². The minimum atomic E-state index is -0.434. The molecule has 0 saturated carbocycles. The number of rotatable bonds is 4. The summed E-state index contributed by atoms with van der Waals surface area (Å²) in [5.74, 6) is 0.535. The van der Waals surface area contributed by atoms with E-state index < -0.39 is 5.60 Å². The summed E-state index contributed by atoms with van der Waals surface area (Å²) in [6.07, 6.45) is 3.76. The van der Waals surface area contributed by atoms with Gasteiger partial charge in [-0.2, -0.15) is 0 Å². The first-order valence-corrected chi connectivity index (χ1v) is 8.83. The van der Waals surface area contributed by atoms with E-state index in [4.69, 9.17) is 4.74 Å². The molecule has 1 amide bonds. The fourth-order valence-corrected chi connectivity index (χ4v) is 3.41. The molecule has 1 aromatic rings. The van der Waals surface area contributed by atoms with Gasteiger partial charge < -0.3 is 10.1 Å². The summed E-state index contributed by atoms with van der Waals surface area (Å²) in [6.45, 7) is 10.7. The van der Waals surface area contributed by atoms with Crippen molar-refractivity contribution in [3.63, 3.8) is 0 Å². The Balaban J connectivity index is 1.70. The summed E-state index contributed by atoms with van der Waals surface area (Å²) >= 11 is 1.72. The van der Waals surface area contributed by atoms with Crippen molar-refractivity contribution < 1.29 is 9.53 Å². The smallest absolute Gasteiger partial charge is 0.407 e. The number of aromatic nitrogens is 1. The first kappa shape index (κ1) is 17.2. The van der Waals surface area contributed by atoms with Crippen molar-refractivity contribution in [1.29, 1.82) is 0 Å². The second-order valence-corrected chi connectivity index (χ2v) is 7.83. The molecule has 0 radical (unpaired) electrons. The topological polar surface area (TPSA) is 54.5 Å². The Hall–Kier alpha value is -1.14. The number of alkyl carbamates (subject to hydrolysis) is 1. The van der Waals surface area contributed by atoms with E-state index in [1.165, 1.54) is 5.01 Å². The Morgan fingerprint density at radius 1 is 1.50 bits per heavy atom. The molecule has 1 aromatic heterocycles. The number of hydrogen-bond donors (Lipinski definition) is 1. The SMILES string of the molecule is C[C@H](c1nccs1)N1CCC(CNC(=O)OC(C)(C)C)CC1. The lowest BCUT2D eigenvalue weighted by atomic mass is 9.96. The quantitative estimate of drug-likeness (QED) is 0.921. The molecule has 0 bridgehead atoms. The molecule has 0 unspecified atom stereocenters. The van der Waals surface area contributed by atoms with Gasteiger partial charge in [-0.1, -0.05) is 0 Å². The summed E-state index contributed by atoms with van der Waals surface area (Å²) in [4.78, 5) is 18.6. The van der Waals surface area contributed by atoms with Crippen molar-refractivity contribution in [3.8, 4) is 0 Å². The van der Waals surface area contributed by atoms with E-state index in [0.717, 1.165) is 25.9 Å². The number of thiazole rings is 1. The standard InChI is InChI=1S/C16H27N3O2S/c1-12(14-17-7-10-22-14)19-8-5-13(6-9-19)11-18-15(20)21-16(2,3)4/h7,10,12-13H,5-6,8-9,11H2,1-4H3,(H,18,20)/t12-/m1/s1. The third-order valence-corrected chi connectivity index (χ3v) is 4.89. The Kier molecular flexibility index (Phi) is 5.81. The molecule has 1 saturated heterocycles. The minimum Gasteiger partial charge on any atom is -0.444 e. The van der Waals surface area contributed by atoms with Crippen LogP contribution >= 0.6 is 11.3 Å². The zero-order valence-electron chi connectivity index (χ0n) is 14.0. The number of nitrogens with one attached hydrogen (secondary N) is 1. The van der Waals surface area contributed by atoms with Crippen molar-refractivity contribution in [2.45, 2.75) is 52.2 Å². The molecule has 1 aliphatic heterocycles. The molecule has 2 heterocycles. The molecule has 5 nitrogen and oxygen atoms in total. The van der Waals surface area contributed by atoms with Crippen molar-refractivity contribution in [2.24, 2.45) is 5.92 Å². The highest BCUT2D eigenvalue weighted by atomic mass is 32.1. The third kappa shape index (κ3) is 5.25. The van der Waals surface area contributed by atoms with Crippen LogP contribution in [0.4, 0.5) is 4.79 Å². The van der Waals surface area contributed by atoms with Crippen LogP contribution in [0.2, 0.25) is 0 Å². The summed E-state index contributed by atoms with van der Waals surface area (Å²) in [7, 11) is 0. The summed E-state index contributed by atoms with van der Waals surface area (Å²) < 4.78 is 5.27. The Morgan fingerprint density at radius 2 is 2.18 bits per heavy atom. The summed E-state index contributed by atoms with van der Waals surface area (Å²) in [6, 6.07) is 0.389. The van der Waals surface area contributed by atoms with Crippen LogP contribution in [0, 0.1) is 5.92 Å². The van der Waals surface area contributed by atoms with Crippen molar-refractivity contribution in [3.05, 3.63) is 16.6 Å².